The topological polar surface area (TPSA) is 58.2 Å². The molecule has 0 aromatic heterocycles. The molecule has 2 N–H and O–H groups in total. The minimum absolute atomic E-state index is 0.115. The van der Waals surface area contributed by atoms with Gasteiger partial charge >= 0.3 is 0 Å². The van der Waals surface area contributed by atoms with Crippen LogP contribution in [-0.4, -0.2) is 26.8 Å². The minimum Gasteiger partial charge on any atom is -0.314 e. The minimum atomic E-state index is -3.35. The third-order valence-electron chi connectivity index (χ3n) is 3.34. The molecule has 0 spiro atoms. The van der Waals surface area contributed by atoms with Crippen molar-refractivity contribution in [2.45, 2.75) is 31.7 Å². The standard InChI is InChI=1S/C13H18BrClN2O2S/c14-12-5-4-10(15)9-13(12)17-20(18,19)8-6-11-3-1-2-7-16-11/h4-5,9,11,16-17H,1-3,6-8H2. The van der Waals surface area contributed by atoms with E-state index in [9.17, 15) is 8.42 Å². The van der Waals surface area contributed by atoms with Crippen molar-refractivity contribution >= 4 is 43.2 Å². The van der Waals surface area contributed by atoms with E-state index in [0.29, 0.717) is 27.6 Å². The highest BCUT2D eigenvalue weighted by molar-refractivity contribution is 9.10. The molecule has 1 atom stereocenters. The van der Waals surface area contributed by atoms with E-state index >= 15 is 0 Å². The third kappa shape index (κ3) is 4.91. The van der Waals surface area contributed by atoms with Crippen LogP contribution in [0.25, 0.3) is 0 Å². The van der Waals surface area contributed by atoms with Gasteiger partial charge in [0.2, 0.25) is 10.0 Å². The molecule has 1 unspecified atom stereocenters. The van der Waals surface area contributed by atoms with Crippen molar-refractivity contribution in [2.24, 2.45) is 0 Å². The molecule has 20 heavy (non-hydrogen) atoms. The molecule has 7 heteroatoms. The Morgan fingerprint density at radius 1 is 1.40 bits per heavy atom. The SMILES string of the molecule is O=S(=O)(CCC1CCCCN1)Nc1cc(Cl)ccc1Br. The monoisotopic (exact) mass is 380 g/mol. The van der Waals surface area contributed by atoms with E-state index < -0.39 is 10.0 Å². The summed E-state index contributed by atoms with van der Waals surface area (Å²) in [5.74, 6) is 0.115. The van der Waals surface area contributed by atoms with Gasteiger partial charge in [0.1, 0.15) is 0 Å². The first-order valence-electron chi connectivity index (χ1n) is 6.65. The Morgan fingerprint density at radius 2 is 2.20 bits per heavy atom. The van der Waals surface area contributed by atoms with Crippen LogP contribution in [-0.2, 0) is 10.0 Å². The summed E-state index contributed by atoms with van der Waals surface area (Å²) >= 11 is 9.19. The van der Waals surface area contributed by atoms with Crippen LogP contribution in [0.2, 0.25) is 5.02 Å². The fourth-order valence-electron chi connectivity index (χ4n) is 2.26. The Morgan fingerprint density at radius 3 is 2.90 bits per heavy atom. The average Bonchev–Trinajstić information content (AvgIpc) is 2.42. The molecule has 112 valence electrons. The number of nitrogens with one attached hydrogen (secondary N) is 2. The second-order valence-electron chi connectivity index (χ2n) is 4.98. The summed E-state index contributed by atoms with van der Waals surface area (Å²) in [4.78, 5) is 0. The van der Waals surface area contributed by atoms with Crippen LogP contribution in [0.3, 0.4) is 0 Å². The number of sulfonamides is 1. The number of anilines is 1. The molecule has 0 saturated carbocycles. The molecule has 1 aliphatic rings. The van der Waals surface area contributed by atoms with E-state index in [-0.39, 0.29) is 5.75 Å². The smallest absolute Gasteiger partial charge is 0.232 e. The maximum Gasteiger partial charge on any atom is 0.232 e. The molecule has 1 fully saturated rings. The van der Waals surface area contributed by atoms with Crippen molar-refractivity contribution in [1.29, 1.82) is 0 Å². The lowest BCUT2D eigenvalue weighted by Crippen LogP contribution is -2.36. The van der Waals surface area contributed by atoms with Crippen molar-refractivity contribution < 1.29 is 8.42 Å². The van der Waals surface area contributed by atoms with Gasteiger partial charge in [0.15, 0.2) is 0 Å². The van der Waals surface area contributed by atoms with E-state index in [2.05, 4.69) is 26.0 Å². The first kappa shape index (κ1) is 16.1. The first-order valence-corrected chi connectivity index (χ1v) is 9.47. The maximum atomic E-state index is 12.1. The fourth-order valence-corrected chi connectivity index (χ4v) is 4.11. The zero-order chi connectivity index (χ0) is 14.6. The van der Waals surface area contributed by atoms with Crippen LogP contribution in [0.5, 0.6) is 0 Å². The van der Waals surface area contributed by atoms with Gasteiger partial charge in [-0.25, -0.2) is 8.42 Å². The van der Waals surface area contributed by atoms with Gasteiger partial charge in [0, 0.05) is 15.5 Å². The summed E-state index contributed by atoms with van der Waals surface area (Å²) in [6.07, 6.45) is 4.03. The largest absolute Gasteiger partial charge is 0.314 e. The van der Waals surface area contributed by atoms with E-state index in [1.165, 1.54) is 12.8 Å². The number of piperidine rings is 1. The molecular weight excluding hydrogens is 364 g/mol. The van der Waals surface area contributed by atoms with Crippen LogP contribution in [0, 0.1) is 0 Å². The van der Waals surface area contributed by atoms with Gasteiger partial charge in [-0.15, -0.1) is 0 Å². The van der Waals surface area contributed by atoms with Gasteiger partial charge in [0.05, 0.1) is 11.4 Å². The molecule has 1 aromatic rings. The molecule has 0 radical (unpaired) electrons. The van der Waals surface area contributed by atoms with Crippen LogP contribution >= 0.6 is 27.5 Å². The molecule has 0 amide bonds. The molecule has 1 aliphatic heterocycles. The second-order valence-corrected chi connectivity index (χ2v) is 8.11. The third-order valence-corrected chi connectivity index (χ3v) is 5.57. The summed E-state index contributed by atoms with van der Waals surface area (Å²) in [6, 6.07) is 5.34. The molecule has 1 heterocycles. The normalized spacial score (nSPS) is 19.8. The van der Waals surface area contributed by atoms with Crippen LogP contribution < -0.4 is 10.0 Å². The van der Waals surface area contributed by atoms with Crippen LogP contribution in [0.1, 0.15) is 25.7 Å². The molecule has 0 aliphatic carbocycles. The van der Waals surface area contributed by atoms with E-state index in [0.717, 1.165) is 13.0 Å². The Bertz CT molecular complexity index is 559. The molecule has 0 bridgehead atoms. The highest BCUT2D eigenvalue weighted by atomic mass is 79.9. The van der Waals surface area contributed by atoms with Gasteiger partial charge in [-0.2, -0.15) is 0 Å². The Kier molecular flexibility index (Phi) is 5.72. The summed E-state index contributed by atoms with van der Waals surface area (Å²) in [5.41, 5.74) is 0.481. The average molecular weight is 382 g/mol. The van der Waals surface area contributed by atoms with Gasteiger partial charge in [-0.05, 0) is 59.9 Å². The Hall–Kier alpha value is -0.300. The van der Waals surface area contributed by atoms with Crippen molar-refractivity contribution in [3.8, 4) is 0 Å². The molecular formula is C13H18BrClN2O2S. The number of hydrogen-bond donors (Lipinski definition) is 2. The maximum absolute atomic E-state index is 12.1. The van der Waals surface area contributed by atoms with Crippen LogP contribution in [0.15, 0.2) is 22.7 Å². The van der Waals surface area contributed by atoms with E-state index in [4.69, 9.17) is 11.6 Å². The van der Waals surface area contributed by atoms with Crippen LogP contribution in [0.4, 0.5) is 5.69 Å². The lowest BCUT2D eigenvalue weighted by Gasteiger charge is -2.23. The number of hydrogen-bond acceptors (Lipinski definition) is 3. The molecule has 1 saturated heterocycles. The van der Waals surface area contributed by atoms with Crippen molar-refractivity contribution in [3.05, 3.63) is 27.7 Å². The highest BCUT2D eigenvalue weighted by Gasteiger charge is 2.18. The number of halogens is 2. The van der Waals surface area contributed by atoms with Crippen molar-refractivity contribution in [2.75, 3.05) is 17.0 Å². The van der Waals surface area contributed by atoms with Crippen molar-refractivity contribution in [3.63, 3.8) is 0 Å². The Balaban J connectivity index is 1.94. The lowest BCUT2D eigenvalue weighted by atomic mass is 10.0. The van der Waals surface area contributed by atoms with Gasteiger partial charge < -0.3 is 5.32 Å². The number of rotatable bonds is 5. The molecule has 1 aromatic carbocycles. The Labute approximate surface area is 133 Å². The quantitative estimate of drug-likeness (QED) is 0.822. The summed E-state index contributed by atoms with van der Waals surface area (Å²) < 4.78 is 27.5. The van der Waals surface area contributed by atoms with Gasteiger partial charge in [0.25, 0.3) is 0 Å². The van der Waals surface area contributed by atoms with Gasteiger partial charge in [-0.3, -0.25) is 4.72 Å². The van der Waals surface area contributed by atoms with E-state index in [1.807, 2.05) is 0 Å². The zero-order valence-corrected chi connectivity index (χ0v) is 14.2. The summed E-state index contributed by atoms with van der Waals surface area (Å²) in [7, 11) is -3.35. The lowest BCUT2D eigenvalue weighted by molar-refractivity contribution is 0.393. The molecule has 2 rings (SSSR count). The highest BCUT2D eigenvalue weighted by Crippen LogP contribution is 2.27. The zero-order valence-electron chi connectivity index (χ0n) is 11.0. The predicted octanol–water partition coefficient (Wildman–Crippen LogP) is 3.38. The van der Waals surface area contributed by atoms with Gasteiger partial charge in [-0.1, -0.05) is 18.0 Å². The van der Waals surface area contributed by atoms with Crippen molar-refractivity contribution in [1.82, 2.24) is 5.32 Å². The summed E-state index contributed by atoms with van der Waals surface area (Å²) in [5, 5.41) is 3.85. The summed E-state index contributed by atoms with van der Waals surface area (Å²) in [6.45, 7) is 0.984. The number of benzene rings is 1. The van der Waals surface area contributed by atoms with E-state index in [1.54, 1.807) is 18.2 Å². The fraction of sp³-hybridized carbons (Fsp3) is 0.538. The first-order chi connectivity index (χ1) is 9.46. The predicted molar refractivity (Wildman–Crippen MR) is 86.8 cm³/mol. The molecule has 4 nitrogen and oxygen atoms in total. The second kappa shape index (κ2) is 7.11.